The van der Waals surface area contributed by atoms with Gasteiger partial charge in [-0.3, -0.25) is 4.79 Å². The quantitative estimate of drug-likeness (QED) is 0.668. The molecule has 0 spiro atoms. The van der Waals surface area contributed by atoms with Crippen molar-refractivity contribution in [1.82, 2.24) is 10.0 Å². The Morgan fingerprint density at radius 3 is 2.21 bits per heavy atom. The van der Waals surface area contributed by atoms with Gasteiger partial charge in [0.25, 0.3) is 5.91 Å². The Bertz CT molecular complexity index is 881. The van der Waals surface area contributed by atoms with E-state index in [9.17, 15) is 17.6 Å². The van der Waals surface area contributed by atoms with E-state index in [0.29, 0.717) is 12.3 Å². The van der Waals surface area contributed by atoms with Gasteiger partial charge < -0.3 is 10.1 Å². The van der Waals surface area contributed by atoms with Gasteiger partial charge in [-0.25, -0.2) is 17.5 Å². The number of hydrogen-bond acceptors (Lipinski definition) is 4. The van der Waals surface area contributed by atoms with E-state index >= 15 is 0 Å². The van der Waals surface area contributed by atoms with Gasteiger partial charge in [0.2, 0.25) is 10.0 Å². The fraction of sp³-hybridized carbons (Fsp3) is 0.350. The van der Waals surface area contributed by atoms with Gasteiger partial charge in [-0.05, 0) is 54.8 Å². The molecule has 1 atom stereocenters. The summed E-state index contributed by atoms with van der Waals surface area (Å²) in [6, 6.07) is 11.4. The third-order valence-corrected chi connectivity index (χ3v) is 5.37. The molecule has 0 aliphatic heterocycles. The molecule has 152 valence electrons. The summed E-state index contributed by atoms with van der Waals surface area (Å²) in [7, 11) is -3.56. The van der Waals surface area contributed by atoms with Crippen LogP contribution < -0.4 is 14.8 Å². The minimum absolute atomic E-state index is 0.134. The molecular weight excluding hydrogens is 383 g/mol. The SMILES string of the molecule is CC(C)CNS(=O)(=O)c1ccc(OCC(=O)NC(C)c2ccc(F)cc2)cc1. The highest BCUT2D eigenvalue weighted by Gasteiger charge is 2.15. The smallest absolute Gasteiger partial charge is 0.258 e. The third-order valence-electron chi connectivity index (χ3n) is 3.93. The van der Waals surface area contributed by atoms with Crippen LogP contribution in [0.25, 0.3) is 0 Å². The fourth-order valence-electron chi connectivity index (χ4n) is 2.34. The molecule has 0 aliphatic carbocycles. The molecule has 8 heteroatoms. The van der Waals surface area contributed by atoms with Gasteiger partial charge in [0.1, 0.15) is 11.6 Å². The second-order valence-electron chi connectivity index (χ2n) is 6.85. The van der Waals surface area contributed by atoms with E-state index in [-0.39, 0.29) is 35.2 Å². The molecule has 2 aromatic carbocycles. The number of hydrogen-bond donors (Lipinski definition) is 2. The van der Waals surface area contributed by atoms with Crippen molar-refractivity contribution < 1.29 is 22.3 Å². The highest BCUT2D eigenvalue weighted by molar-refractivity contribution is 7.89. The summed E-state index contributed by atoms with van der Waals surface area (Å²) in [5, 5.41) is 2.76. The summed E-state index contributed by atoms with van der Waals surface area (Å²) in [6.07, 6.45) is 0. The fourth-order valence-corrected chi connectivity index (χ4v) is 3.56. The first-order valence-electron chi connectivity index (χ1n) is 8.94. The molecule has 0 aromatic heterocycles. The molecule has 2 aromatic rings. The molecule has 2 rings (SSSR count). The Kier molecular flexibility index (Phi) is 7.53. The maximum absolute atomic E-state index is 13.0. The maximum atomic E-state index is 13.0. The van der Waals surface area contributed by atoms with Crippen LogP contribution in [0.2, 0.25) is 0 Å². The molecule has 2 N–H and O–H groups in total. The summed E-state index contributed by atoms with van der Waals surface area (Å²) < 4.78 is 45.2. The standard InChI is InChI=1S/C20H25FN2O4S/c1-14(2)12-22-28(25,26)19-10-8-18(9-11-19)27-13-20(24)23-15(3)16-4-6-17(21)7-5-16/h4-11,14-15,22H,12-13H2,1-3H3,(H,23,24). The third kappa shape index (κ3) is 6.61. The molecular formula is C20H25FN2O4S. The molecule has 0 radical (unpaired) electrons. The first-order valence-corrected chi connectivity index (χ1v) is 10.4. The maximum Gasteiger partial charge on any atom is 0.258 e. The Morgan fingerprint density at radius 1 is 1.04 bits per heavy atom. The van der Waals surface area contributed by atoms with E-state index in [1.54, 1.807) is 19.1 Å². The van der Waals surface area contributed by atoms with Gasteiger partial charge in [-0.2, -0.15) is 0 Å². The molecule has 6 nitrogen and oxygen atoms in total. The monoisotopic (exact) mass is 408 g/mol. The van der Waals surface area contributed by atoms with Crippen molar-refractivity contribution in [2.75, 3.05) is 13.2 Å². The number of carbonyl (C=O) groups excluding carboxylic acids is 1. The molecule has 1 unspecified atom stereocenters. The van der Waals surface area contributed by atoms with Gasteiger partial charge in [0.05, 0.1) is 10.9 Å². The number of halogens is 1. The van der Waals surface area contributed by atoms with Gasteiger partial charge in [-0.1, -0.05) is 26.0 Å². The molecule has 0 bridgehead atoms. The van der Waals surface area contributed by atoms with Gasteiger partial charge >= 0.3 is 0 Å². The number of carbonyl (C=O) groups is 1. The topological polar surface area (TPSA) is 84.5 Å². The van der Waals surface area contributed by atoms with E-state index in [0.717, 1.165) is 5.56 Å². The molecule has 0 aliphatic rings. The number of sulfonamides is 1. The Balaban J connectivity index is 1.87. The second-order valence-corrected chi connectivity index (χ2v) is 8.61. The number of ether oxygens (including phenoxy) is 1. The van der Waals surface area contributed by atoms with E-state index in [2.05, 4.69) is 10.0 Å². The van der Waals surface area contributed by atoms with E-state index in [1.165, 1.54) is 36.4 Å². The van der Waals surface area contributed by atoms with Crippen molar-refractivity contribution in [3.05, 3.63) is 59.9 Å². The van der Waals surface area contributed by atoms with Gasteiger partial charge in [0, 0.05) is 6.54 Å². The molecule has 0 heterocycles. The Hall–Kier alpha value is -2.45. The van der Waals surface area contributed by atoms with Crippen LogP contribution in [-0.2, 0) is 14.8 Å². The van der Waals surface area contributed by atoms with Crippen molar-refractivity contribution in [2.24, 2.45) is 5.92 Å². The number of amides is 1. The van der Waals surface area contributed by atoms with Crippen molar-refractivity contribution in [3.63, 3.8) is 0 Å². The second kappa shape index (κ2) is 9.66. The van der Waals surface area contributed by atoms with Crippen LogP contribution in [0.15, 0.2) is 53.4 Å². The molecule has 0 fully saturated rings. The molecule has 0 saturated carbocycles. The van der Waals surface area contributed by atoms with Crippen LogP contribution in [-0.4, -0.2) is 27.5 Å². The summed E-state index contributed by atoms with van der Waals surface area (Å²) in [5.41, 5.74) is 0.776. The van der Waals surface area contributed by atoms with Gasteiger partial charge in [-0.15, -0.1) is 0 Å². The Morgan fingerprint density at radius 2 is 1.64 bits per heavy atom. The van der Waals surface area contributed by atoms with Crippen molar-refractivity contribution in [2.45, 2.75) is 31.7 Å². The predicted octanol–water partition coefficient (Wildman–Crippen LogP) is 3.02. The minimum Gasteiger partial charge on any atom is -0.484 e. The van der Waals surface area contributed by atoms with Gasteiger partial charge in [0.15, 0.2) is 6.61 Å². The average molecular weight is 408 g/mol. The first kappa shape index (κ1) is 21.8. The molecule has 1 amide bonds. The summed E-state index contributed by atoms with van der Waals surface area (Å²) in [4.78, 5) is 12.2. The van der Waals surface area contributed by atoms with E-state index in [1.807, 2.05) is 13.8 Å². The number of nitrogens with one attached hydrogen (secondary N) is 2. The average Bonchev–Trinajstić information content (AvgIpc) is 2.65. The lowest BCUT2D eigenvalue weighted by molar-refractivity contribution is -0.123. The number of rotatable bonds is 9. The largest absolute Gasteiger partial charge is 0.484 e. The predicted molar refractivity (Wildman–Crippen MR) is 105 cm³/mol. The highest BCUT2D eigenvalue weighted by Crippen LogP contribution is 2.16. The lowest BCUT2D eigenvalue weighted by Crippen LogP contribution is -2.31. The Labute approximate surface area is 165 Å². The normalized spacial score (nSPS) is 12.6. The van der Waals surface area contributed by atoms with E-state index < -0.39 is 10.0 Å². The van der Waals surface area contributed by atoms with Crippen molar-refractivity contribution in [3.8, 4) is 5.75 Å². The van der Waals surface area contributed by atoms with Crippen molar-refractivity contribution in [1.29, 1.82) is 0 Å². The zero-order valence-electron chi connectivity index (χ0n) is 16.1. The number of benzene rings is 2. The minimum atomic E-state index is -3.56. The zero-order chi connectivity index (χ0) is 20.7. The summed E-state index contributed by atoms with van der Waals surface area (Å²) >= 11 is 0. The van der Waals surface area contributed by atoms with Crippen LogP contribution in [0, 0.1) is 11.7 Å². The lowest BCUT2D eigenvalue weighted by atomic mass is 10.1. The van der Waals surface area contributed by atoms with E-state index in [4.69, 9.17) is 4.74 Å². The molecule has 28 heavy (non-hydrogen) atoms. The highest BCUT2D eigenvalue weighted by atomic mass is 32.2. The van der Waals surface area contributed by atoms with Crippen LogP contribution in [0.4, 0.5) is 4.39 Å². The van der Waals surface area contributed by atoms with Crippen molar-refractivity contribution >= 4 is 15.9 Å². The molecule has 0 saturated heterocycles. The van der Waals surface area contributed by atoms with Crippen LogP contribution in [0.5, 0.6) is 5.75 Å². The van der Waals surface area contributed by atoms with Crippen LogP contribution in [0.3, 0.4) is 0 Å². The summed E-state index contributed by atoms with van der Waals surface area (Å²) in [5.74, 6) is -0.0943. The van der Waals surface area contributed by atoms with Crippen LogP contribution in [0.1, 0.15) is 32.4 Å². The first-order chi connectivity index (χ1) is 13.2. The zero-order valence-corrected chi connectivity index (χ0v) is 16.9. The lowest BCUT2D eigenvalue weighted by Gasteiger charge is -2.15. The van der Waals surface area contributed by atoms with Crippen LogP contribution >= 0.6 is 0 Å². The summed E-state index contributed by atoms with van der Waals surface area (Å²) in [6.45, 7) is 5.76.